The molecule has 0 bridgehead atoms. The molecule has 0 spiro atoms. The van der Waals surface area contributed by atoms with E-state index in [1.54, 1.807) is 0 Å². The summed E-state index contributed by atoms with van der Waals surface area (Å²) in [6.07, 6.45) is 4.51. The second-order valence-electron chi connectivity index (χ2n) is 5.91. The van der Waals surface area contributed by atoms with Crippen molar-refractivity contribution in [1.29, 1.82) is 0 Å². The van der Waals surface area contributed by atoms with Crippen LogP contribution in [0.2, 0.25) is 0 Å². The van der Waals surface area contributed by atoms with E-state index in [9.17, 15) is 4.79 Å². The number of rotatable bonds is 9. The number of piperidine rings is 1. The van der Waals surface area contributed by atoms with Crippen LogP contribution in [0.1, 0.15) is 46.5 Å². The van der Waals surface area contributed by atoms with E-state index in [1.165, 1.54) is 32.4 Å². The average Bonchev–Trinajstić information content (AvgIpc) is 2.57. The molecule has 1 saturated heterocycles. The smallest absolute Gasteiger partial charge is 0.224 e. The van der Waals surface area contributed by atoms with Crippen LogP contribution in [-0.4, -0.2) is 74.0 Å². The Morgan fingerprint density at radius 3 is 2.39 bits per heavy atom. The molecule has 0 saturated carbocycles. The Morgan fingerprint density at radius 2 is 1.78 bits per heavy atom. The number of guanidine groups is 1. The van der Waals surface area contributed by atoms with Crippen molar-refractivity contribution >= 4 is 11.9 Å². The minimum atomic E-state index is 0.201. The van der Waals surface area contributed by atoms with Gasteiger partial charge in [-0.2, -0.15) is 0 Å². The fourth-order valence-corrected chi connectivity index (χ4v) is 2.85. The zero-order chi connectivity index (χ0) is 16.9. The Labute approximate surface area is 141 Å². The normalized spacial score (nSPS) is 16.2. The van der Waals surface area contributed by atoms with Gasteiger partial charge in [0.15, 0.2) is 5.96 Å². The molecule has 0 radical (unpaired) electrons. The van der Waals surface area contributed by atoms with E-state index >= 15 is 0 Å². The Bertz CT molecular complexity index is 349. The van der Waals surface area contributed by atoms with Crippen LogP contribution >= 0.6 is 0 Å². The van der Waals surface area contributed by atoms with E-state index in [2.05, 4.69) is 27.4 Å². The minimum Gasteiger partial charge on any atom is -0.357 e. The van der Waals surface area contributed by atoms with Crippen LogP contribution in [0.4, 0.5) is 0 Å². The molecular weight excluding hydrogens is 290 g/mol. The predicted molar refractivity (Wildman–Crippen MR) is 96.8 cm³/mol. The first-order valence-corrected chi connectivity index (χ1v) is 9.23. The molecule has 0 aromatic heterocycles. The van der Waals surface area contributed by atoms with Crippen LogP contribution in [-0.2, 0) is 4.79 Å². The van der Waals surface area contributed by atoms with E-state index in [0.717, 1.165) is 38.7 Å². The van der Waals surface area contributed by atoms with Gasteiger partial charge in [-0.05, 0) is 46.7 Å². The standard InChI is InChI=1S/C17H35N5O/c1-4-18-17(19-11-10-16(23)22(5-2)6-3)20-12-15-21-13-8-7-9-14-21/h4-15H2,1-3H3,(H2,18,19,20). The van der Waals surface area contributed by atoms with E-state index in [1.807, 2.05) is 18.7 Å². The highest BCUT2D eigenvalue weighted by atomic mass is 16.2. The van der Waals surface area contributed by atoms with Gasteiger partial charge in [0.1, 0.15) is 0 Å². The third-order valence-corrected chi connectivity index (χ3v) is 4.23. The lowest BCUT2D eigenvalue weighted by molar-refractivity contribution is -0.130. The summed E-state index contributed by atoms with van der Waals surface area (Å²) in [5.41, 5.74) is 0. The summed E-state index contributed by atoms with van der Waals surface area (Å²) in [5.74, 6) is 1.02. The van der Waals surface area contributed by atoms with Crippen molar-refractivity contribution in [3.63, 3.8) is 0 Å². The van der Waals surface area contributed by atoms with E-state index < -0.39 is 0 Å². The highest BCUT2D eigenvalue weighted by Crippen LogP contribution is 2.07. The molecule has 0 atom stereocenters. The fraction of sp³-hybridized carbons (Fsp3) is 0.882. The molecule has 1 aliphatic heterocycles. The zero-order valence-corrected chi connectivity index (χ0v) is 15.2. The third-order valence-electron chi connectivity index (χ3n) is 4.23. The quantitative estimate of drug-likeness (QED) is 0.495. The molecule has 1 heterocycles. The molecule has 1 rings (SSSR count). The highest BCUT2D eigenvalue weighted by Gasteiger charge is 2.10. The molecule has 1 amide bonds. The van der Waals surface area contributed by atoms with Crippen molar-refractivity contribution in [2.24, 2.45) is 4.99 Å². The Kier molecular flexibility index (Phi) is 10.4. The second-order valence-corrected chi connectivity index (χ2v) is 5.91. The Morgan fingerprint density at radius 1 is 1.09 bits per heavy atom. The van der Waals surface area contributed by atoms with Gasteiger partial charge < -0.3 is 20.4 Å². The molecule has 6 nitrogen and oxygen atoms in total. The van der Waals surface area contributed by atoms with Crippen molar-refractivity contribution in [2.75, 3.05) is 52.4 Å². The van der Waals surface area contributed by atoms with E-state index in [4.69, 9.17) is 0 Å². The molecule has 6 heteroatoms. The van der Waals surface area contributed by atoms with Crippen LogP contribution in [0.15, 0.2) is 4.99 Å². The number of amides is 1. The van der Waals surface area contributed by atoms with Gasteiger partial charge in [0.05, 0.1) is 6.54 Å². The largest absolute Gasteiger partial charge is 0.357 e. The monoisotopic (exact) mass is 325 g/mol. The maximum absolute atomic E-state index is 12.0. The van der Waals surface area contributed by atoms with Crippen molar-refractivity contribution in [3.05, 3.63) is 0 Å². The van der Waals surface area contributed by atoms with Gasteiger partial charge in [0.25, 0.3) is 0 Å². The summed E-state index contributed by atoms with van der Waals surface area (Å²) in [6, 6.07) is 0. The summed E-state index contributed by atoms with van der Waals surface area (Å²) in [6.45, 7) is 13.3. The molecule has 23 heavy (non-hydrogen) atoms. The molecule has 0 unspecified atom stereocenters. The van der Waals surface area contributed by atoms with Gasteiger partial charge >= 0.3 is 0 Å². The van der Waals surface area contributed by atoms with E-state index in [0.29, 0.717) is 13.0 Å². The van der Waals surface area contributed by atoms with Gasteiger partial charge in [-0.25, -0.2) is 0 Å². The number of hydrogen-bond acceptors (Lipinski definition) is 3. The Hall–Kier alpha value is -1.30. The molecule has 2 N–H and O–H groups in total. The molecular formula is C17H35N5O. The molecule has 0 aromatic rings. The highest BCUT2D eigenvalue weighted by molar-refractivity contribution is 5.81. The molecule has 1 fully saturated rings. The number of nitrogens with zero attached hydrogens (tertiary/aromatic N) is 3. The van der Waals surface area contributed by atoms with Gasteiger partial charge in [-0.3, -0.25) is 9.79 Å². The first-order chi connectivity index (χ1) is 11.2. The minimum absolute atomic E-state index is 0.201. The number of nitrogens with one attached hydrogen (secondary N) is 2. The van der Waals surface area contributed by atoms with Crippen molar-refractivity contribution in [3.8, 4) is 0 Å². The fourth-order valence-electron chi connectivity index (χ4n) is 2.85. The van der Waals surface area contributed by atoms with Crippen molar-refractivity contribution < 1.29 is 4.79 Å². The van der Waals surface area contributed by atoms with Crippen molar-refractivity contribution in [2.45, 2.75) is 46.5 Å². The molecule has 0 aliphatic carbocycles. The van der Waals surface area contributed by atoms with Crippen molar-refractivity contribution in [1.82, 2.24) is 20.4 Å². The van der Waals surface area contributed by atoms with Crippen LogP contribution in [0.5, 0.6) is 0 Å². The number of hydrogen-bond donors (Lipinski definition) is 2. The SMILES string of the molecule is CCNC(=NCCN1CCCCC1)NCCC(=O)N(CC)CC. The molecule has 0 aromatic carbocycles. The lowest BCUT2D eigenvalue weighted by Crippen LogP contribution is -2.40. The van der Waals surface area contributed by atoms with Gasteiger partial charge in [0, 0.05) is 39.1 Å². The maximum atomic E-state index is 12.0. The zero-order valence-electron chi connectivity index (χ0n) is 15.2. The van der Waals surface area contributed by atoms with Crippen LogP contribution in [0.25, 0.3) is 0 Å². The van der Waals surface area contributed by atoms with Gasteiger partial charge in [0.2, 0.25) is 5.91 Å². The first-order valence-electron chi connectivity index (χ1n) is 9.23. The predicted octanol–water partition coefficient (Wildman–Crippen LogP) is 1.29. The Balaban J connectivity index is 2.29. The summed E-state index contributed by atoms with van der Waals surface area (Å²) < 4.78 is 0. The number of carbonyl (C=O) groups excluding carboxylic acids is 1. The summed E-state index contributed by atoms with van der Waals surface area (Å²) >= 11 is 0. The summed E-state index contributed by atoms with van der Waals surface area (Å²) in [4.78, 5) is 21.0. The van der Waals surface area contributed by atoms with Crippen LogP contribution < -0.4 is 10.6 Å². The second kappa shape index (κ2) is 12.2. The van der Waals surface area contributed by atoms with E-state index in [-0.39, 0.29) is 5.91 Å². The molecule has 134 valence electrons. The summed E-state index contributed by atoms with van der Waals surface area (Å²) in [5, 5.41) is 6.51. The summed E-state index contributed by atoms with van der Waals surface area (Å²) in [7, 11) is 0. The molecule has 1 aliphatic rings. The van der Waals surface area contributed by atoms with Crippen LogP contribution in [0, 0.1) is 0 Å². The first kappa shape index (κ1) is 19.7. The average molecular weight is 326 g/mol. The third kappa shape index (κ3) is 8.21. The van der Waals surface area contributed by atoms with Gasteiger partial charge in [-0.15, -0.1) is 0 Å². The maximum Gasteiger partial charge on any atom is 0.224 e. The van der Waals surface area contributed by atoms with Crippen LogP contribution in [0.3, 0.4) is 0 Å². The number of likely N-dealkylation sites (tertiary alicyclic amines) is 1. The lowest BCUT2D eigenvalue weighted by Gasteiger charge is -2.25. The lowest BCUT2D eigenvalue weighted by atomic mass is 10.1. The number of carbonyl (C=O) groups is 1. The van der Waals surface area contributed by atoms with Gasteiger partial charge in [-0.1, -0.05) is 6.42 Å². The number of aliphatic imine (C=N–C) groups is 1. The topological polar surface area (TPSA) is 60.0 Å².